The lowest BCUT2D eigenvalue weighted by atomic mass is 10.0. The van der Waals surface area contributed by atoms with Gasteiger partial charge < -0.3 is 25.6 Å². The van der Waals surface area contributed by atoms with Crippen molar-refractivity contribution in [3.63, 3.8) is 0 Å². The van der Waals surface area contributed by atoms with Gasteiger partial charge in [-0.1, -0.05) is 0 Å². The minimum Gasteiger partial charge on any atom is -0.373 e. The summed E-state index contributed by atoms with van der Waals surface area (Å²) >= 11 is 0. The fraction of sp³-hybridized carbons (Fsp3) is 0.500. The van der Waals surface area contributed by atoms with Crippen molar-refractivity contribution in [1.29, 1.82) is 0 Å². The Balaban J connectivity index is 1.77. The quantitative estimate of drug-likeness (QED) is 0.632. The Bertz CT molecular complexity index is 865. The second-order valence-corrected chi connectivity index (χ2v) is 6.48. The van der Waals surface area contributed by atoms with E-state index in [4.69, 9.17) is 4.74 Å². The largest absolute Gasteiger partial charge is 0.373 e. The Morgan fingerprint density at radius 3 is 3.04 bits per heavy atom. The third-order valence-electron chi connectivity index (χ3n) is 4.68. The zero-order valence-electron chi connectivity index (χ0n) is 14.7. The van der Waals surface area contributed by atoms with Crippen LogP contribution in [0, 0.1) is 0 Å². The molecular formula is C16H21N7O3. The Hall–Kier alpha value is -2.88. The molecule has 0 spiro atoms. The first-order chi connectivity index (χ1) is 12.6. The second-order valence-electron chi connectivity index (χ2n) is 6.48. The van der Waals surface area contributed by atoms with Gasteiger partial charge in [0.15, 0.2) is 5.65 Å². The van der Waals surface area contributed by atoms with Gasteiger partial charge in [0.1, 0.15) is 23.3 Å². The van der Waals surface area contributed by atoms with Crippen molar-refractivity contribution in [2.24, 2.45) is 0 Å². The van der Waals surface area contributed by atoms with Crippen molar-refractivity contribution in [2.75, 3.05) is 44.4 Å². The van der Waals surface area contributed by atoms with Gasteiger partial charge in [-0.25, -0.2) is 4.98 Å². The number of ether oxygens (including phenoxy) is 1. The second kappa shape index (κ2) is 6.45. The number of aromatic nitrogens is 3. The first-order valence-electron chi connectivity index (χ1n) is 8.54. The van der Waals surface area contributed by atoms with Gasteiger partial charge in [-0.05, 0) is 0 Å². The number of rotatable bonds is 1. The number of nitrogens with one attached hydrogen (secondary N) is 3. The average molecular weight is 359 g/mol. The van der Waals surface area contributed by atoms with Crippen LogP contribution in [0.25, 0.3) is 5.65 Å². The Labute approximate surface area is 149 Å². The highest BCUT2D eigenvalue weighted by molar-refractivity contribution is 6.00. The van der Waals surface area contributed by atoms with E-state index >= 15 is 0 Å². The predicted molar refractivity (Wildman–Crippen MR) is 94.3 cm³/mol. The van der Waals surface area contributed by atoms with E-state index in [2.05, 4.69) is 26.0 Å². The molecule has 4 rings (SSSR count). The summed E-state index contributed by atoms with van der Waals surface area (Å²) in [5, 5.41) is 13.5. The topological polar surface area (TPSA) is 113 Å². The van der Waals surface area contributed by atoms with E-state index in [0.29, 0.717) is 42.4 Å². The van der Waals surface area contributed by atoms with Crippen LogP contribution in [0.5, 0.6) is 0 Å². The minimum absolute atomic E-state index is 0.00172. The van der Waals surface area contributed by atoms with Crippen molar-refractivity contribution >= 4 is 29.1 Å². The maximum Gasteiger partial charge on any atom is 0.256 e. The van der Waals surface area contributed by atoms with Gasteiger partial charge in [0.2, 0.25) is 0 Å². The number of piperidine rings is 1. The normalized spacial score (nSPS) is 23.7. The summed E-state index contributed by atoms with van der Waals surface area (Å²) in [6, 6.07) is 1.83. The van der Waals surface area contributed by atoms with Crippen molar-refractivity contribution in [2.45, 2.75) is 18.6 Å². The fourth-order valence-corrected chi connectivity index (χ4v) is 3.39. The Morgan fingerprint density at radius 2 is 2.23 bits per heavy atom. The van der Waals surface area contributed by atoms with Crippen molar-refractivity contribution < 1.29 is 14.3 Å². The molecule has 2 aromatic heterocycles. The van der Waals surface area contributed by atoms with Crippen LogP contribution in [0.3, 0.4) is 0 Å². The Morgan fingerprint density at radius 1 is 1.38 bits per heavy atom. The van der Waals surface area contributed by atoms with Gasteiger partial charge >= 0.3 is 0 Å². The molecule has 2 aliphatic heterocycles. The average Bonchev–Trinajstić information content (AvgIpc) is 3.05. The molecule has 4 heterocycles. The number of hydrogen-bond acceptors (Lipinski definition) is 7. The molecule has 2 aromatic rings. The highest BCUT2D eigenvalue weighted by Gasteiger charge is 2.33. The third kappa shape index (κ3) is 2.81. The summed E-state index contributed by atoms with van der Waals surface area (Å²) < 4.78 is 7.31. The lowest BCUT2D eigenvalue weighted by Gasteiger charge is -2.35. The number of amides is 2. The molecule has 10 nitrogen and oxygen atoms in total. The van der Waals surface area contributed by atoms with Crippen LogP contribution in [0.15, 0.2) is 12.3 Å². The molecule has 26 heavy (non-hydrogen) atoms. The fourth-order valence-electron chi connectivity index (χ4n) is 3.39. The maximum absolute atomic E-state index is 12.5. The molecule has 2 unspecified atom stereocenters. The molecule has 0 radical (unpaired) electrons. The molecule has 10 heteroatoms. The van der Waals surface area contributed by atoms with E-state index in [9.17, 15) is 9.59 Å². The molecule has 138 valence electrons. The van der Waals surface area contributed by atoms with Crippen LogP contribution >= 0.6 is 0 Å². The first-order valence-corrected chi connectivity index (χ1v) is 8.54. The maximum atomic E-state index is 12.5. The molecule has 0 saturated carbocycles. The molecule has 0 aliphatic carbocycles. The molecule has 3 N–H and O–H groups in total. The van der Waals surface area contributed by atoms with E-state index in [1.54, 1.807) is 23.5 Å². The summed E-state index contributed by atoms with van der Waals surface area (Å²) in [5.41, 5.74) is 0.856. The smallest absolute Gasteiger partial charge is 0.256 e. The van der Waals surface area contributed by atoms with Crippen LogP contribution in [0.1, 0.15) is 16.8 Å². The van der Waals surface area contributed by atoms with Gasteiger partial charge in [0.05, 0.1) is 12.8 Å². The summed E-state index contributed by atoms with van der Waals surface area (Å²) in [5.74, 6) is 1.00. The zero-order chi connectivity index (χ0) is 18.3. The number of anilines is 2. The zero-order valence-corrected chi connectivity index (χ0v) is 14.7. The van der Waals surface area contributed by atoms with Crippen LogP contribution < -0.4 is 16.0 Å². The molecule has 0 aromatic carbocycles. The highest BCUT2D eigenvalue weighted by atomic mass is 16.5. The van der Waals surface area contributed by atoms with Crippen LogP contribution in [-0.2, 0) is 9.53 Å². The number of likely N-dealkylation sites (N-methyl/N-ethyl adjacent to an activating group) is 1. The van der Waals surface area contributed by atoms with Crippen LogP contribution in [-0.4, -0.2) is 77.2 Å². The van der Waals surface area contributed by atoms with Gasteiger partial charge in [-0.3, -0.25) is 9.59 Å². The standard InChI is InChI=1S/C16H21N7O3/c1-17-13-6-12-20-9-5-11(16(25)22(2)8-9)26-4-3-18-15(24)10-7-19-23(13)14(10)21-12/h6-7,9,11,17H,3-5,8H2,1-2H3,(H,18,24)(H,20,21). The number of nitrogens with zero attached hydrogens (tertiary/aromatic N) is 4. The van der Waals surface area contributed by atoms with Crippen LogP contribution in [0.2, 0.25) is 0 Å². The van der Waals surface area contributed by atoms with Gasteiger partial charge in [-0.15, -0.1) is 0 Å². The molecule has 1 saturated heterocycles. The molecule has 4 bridgehead atoms. The summed E-state index contributed by atoms with van der Waals surface area (Å²) in [7, 11) is 3.54. The van der Waals surface area contributed by atoms with E-state index in [0.717, 1.165) is 0 Å². The monoisotopic (exact) mass is 359 g/mol. The van der Waals surface area contributed by atoms with E-state index in [1.165, 1.54) is 6.20 Å². The van der Waals surface area contributed by atoms with Crippen LogP contribution in [0.4, 0.5) is 11.6 Å². The van der Waals surface area contributed by atoms with Gasteiger partial charge in [0, 0.05) is 45.7 Å². The molecule has 2 amide bonds. The van der Waals surface area contributed by atoms with E-state index in [1.807, 2.05) is 6.07 Å². The molecule has 1 fully saturated rings. The third-order valence-corrected chi connectivity index (χ3v) is 4.68. The van der Waals surface area contributed by atoms with E-state index in [-0.39, 0.29) is 24.5 Å². The molecular weight excluding hydrogens is 338 g/mol. The number of likely N-dealkylation sites (tertiary alicyclic amines) is 1. The first kappa shape index (κ1) is 16.6. The van der Waals surface area contributed by atoms with Crippen molar-refractivity contribution in [1.82, 2.24) is 24.8 Å². The minimum atomic E-state index is -0.529. The highest BCUT2D eigenvalue weighted by Crippen LogP contribution is 2.22. The van der Waals surface area contributed by atoms with Gasteiger partial charge in [-0.2, -0.15) is 9.61 Å². The lowest BCUT2D eigenvalue weighted by Crippen LogP contribution is -2.52. The SMILES string of the molecule is CNc1cc2nc3c(cnn13)C(=O)NCCOC1CC(CN(C)C1=O)N2. The number of carbonyl (C=O) groups excluding carboxylic acids is 2. The number of carbonyl (C=O) groups is 2. The number of hydrogen-bond donors (Lipinski definition) is 3. The number of fused-ring (bicyclic) bond motifs is 3. The van der Waals surface area contributed by atoms with Gasteiger partial charge in [0.25, 0.3) is 11.8 Å². The Kier molecular flexibility index (Phi) is 4.11. The molecule has 2 atom stereocenters. The molecule has 2 aliphatic rings. The van der Waals surface area contributed by atoms with E-state index < -0.39 is 6.10 Å². The summed E-state index contributed by atoms with van der Waals surface area (Å²) in [6.07, 6.45) is 1.52. The summed E-state index contributed by atoms with van der Waals surface area (Å²) in [6.45, 7) is 1.13. The summed E-state index contributed by atoms with van der Waals surface area (Å²) in [4.78, 5) is 31.0. The van der Waals surface area contributed by atoms with Crippen molar-refractivity contribution in [3.05, 3.63) is 17.8 Å². The predicted octanol–water partition coefficient (Wildman–Crippen LogP) is -0.458. The van der Waals surface area contributed by atoms with Crippen molar-refractivity contribution in [3.8, 4) is 0 Å². The lowest BCUT2D eigenvalue weighted by molar-refractivity contribution is -0.146.